The van der Waals surface area contributed by atoms with Gasteiger partial charge in [0.25, 0.3) is 0 Å². The lowest BCUT2D eigenvalue weighted by molar-refractivity contribution is 0.222. The smallest absolute Gasteiger partial charge is 0.150 e. The Morgan fingerprint density at radius 3 is 2.71 bits per heavy atom. The van der Waals surface area contributed by atoms with Crippen LogP contribution in [0.3, 0.4) is 0 Å². The molecule has 1 aliphatic carbocycles. The predicted octanol–water partition coefficient (Wildman–Crippen LogP) is 2.69. The summed E-state index contributed by atoms with van der Waals surface area (Å²) < 4.78 is 36.8. The molecule has 0 saturated heterocycles. The van der Waals surface area contributed by atoms with Crippen LogP contribution in [0.15, 0.2) is 24.3 Å². The highest BCUT2D eigenvalue weighted by Gasteiger charge is 2.37. The Balaban J connectivity index is 2.11. The standard InChI is InChI=1S/C16H24FNO2S/c1-16(18,11-12-5-3-7-14(17)9-12)13-6-4-8-15(10-13)21(2,19)20/h3,5,7,9,13,15H,4,6,8,10-11,18H2,1-2H3. The van der Waals surface area contributed by atoms with Gasteiger partial charge in [0.05, 0.1) is 5.25 Å². The second kappa shape index (κ2) is 6.05. The molecule has 2 N–H and O–H groups in total. The molecule has 0 radical (unpaired) electrons. The molecule has 2 rings (SSSR count). The van der Waals surface area contributed by atoms with Crippen LogP contribution < -0.4 is 5.73 Å². The van der Waals surface area contributed by atoms with E-state index in [-0.39, 0.29) is 17.0 Å². The number of rotatable bonds is 4. The molecule has 0 amide bonds. The van der Waals surface area contributed by atoms with Crippen molar-refractivity contribution in [1.29, 1.82) is 0 Å². The first-order valence-electron chi connectivity index (χ1n) is 7.41. The largest absolute Gasteiger partial charge is 0.325 e. The van der Waals surface area contributed by atoms with Crippen LogP contribution in [0.5, 0.6) is 0 Å². The lowest BCUT2D eigenvalue weighted by atomic mass is 9.73. The van der Waals surface area contributed by atoms with Crippen molar-refractivity contribution in [1.82, 2.24) is 0 Å². The van der Waals surface area contributed by atoms with E-state index in [4.69, 9.17) is 5.73 Å². The highest BCUT2D eigenvalue weighted by atomic mass is 32.2. The zero-order valence-corrected chi connectivity index (χ0v) is 13.5. The maximum absolute atomic E-state index is 13.3. The fraction of sp³-hybridized carbons (Fsp3) is 0.625. The van der Waals surface area contributed by atoms with Gasteiger partial charge >= 0.3 is 0 Å². The van der Waals surface area contributed by atoms with Crippen molar-refractivity contribution in [3.8, 4) is 0 Å². The molecule has 5 heteroatoms. The molecule has 3 unspecified atom stereocenters. The summed E-state index contributed by atoms with van der Waals surface area (Å²) in [4.78, 5) is 0. The van der Waals surface area contributed by atoms with Crippen LogP contribution in [0.4, 0.5) is 4.39 Å². The number of nitrogens with two attached hydrogens (primary N) is 1. The van der Waals surface area contributed by atoms with Gasteiger partial charge in [-0.15, -0.1) is 0 Å². The van der Waals surface area contributed by atoms with Gasteiger partial charge in [-0.05, 0) is 56.2 Å². The van der Waals surface area contributed by atoms with Crippen LogP contribution in [0.25, 0.3) is 0 Å². The Hall–Kier alpha value is -0.940. The third kappa shape index (κ3) is 4.27. The van der Waals surface area contributed by atoms with E-state index in [1.165, 1.54) is 18.4 Å². The lowest BCUT2D eigenvalue weighted by Gasteiger charge is -2.39. The summed E-state index contributed by atoms with van der Waals surface area (Å²) in [7, 11) is -3.01. The zero-order chi connectivity index (χ0) is 15.7. The molecule has 1 aromatic rings. The fourth-order valence-electron chi connectivity index (χ4n) is 3.36. The molecule has 3 nitrogen and oxygen atoms in total. The van der Waals surface area contributed by atoms with Gasteiger partial charge in [0.1, 0.15) is 15.7 Å². The van der Waals surface area contributed by atoms with Crippen molar-refractivity contribution in [3.63, 3.8) is 0 Å². The van der Waals surface area contributed by atoms with E-state index >= 15 is 0 Å². The highest BCUT2D eigenvalue weighted by molar-refractivity contribution is 7.91. The average Bonchev–Trinajstić information content (AvgIpc) is 2.37. The number of hydrogen-bond donors (Lipinski definition) is 1. The van der Waals surface area contributed by atoms with Crippen LogP contribution in [-0.4, -0.2) is 25.5 Å². The zero-order valence-electron chi connectivity index (χ0n) is 12.7. The van der Waals surface area contributed by atoms with Crippen molar-refractivity contribution in [2.24, 2.45) is 11.7 Å². The van der Waals surface area contributed by atoms with Crippen molar-refractivity contribution < 1.29 is 12.8 Å². The van der Waals surface area contributed by atoms with Crippen molar-refractivity contribution in [2.45, 2.75) is 49.8 Å². The van der Waals surface area contributed by atoms with Gasteiger partial charge in [-0.3, -0.25) is 0 Å². The Morgan fingerprint density at radius 2 is 2.10 bits per heavy atom. The van der Waals surface area contributed by atoms with Crippen LogP contribution in [0.1, 0.15) is 38.2 Å². The first kappa shape index (κ1) is 16.4. The monoisotopic (exact) mass is 313 g/mol. The molecule has 1 aromatic carbocycles. The van der Waals surface area contributed by atoms with Gasteiger partial charge in [0.2, 0.25) is 0 Å². The first-order chi connectivity index (χ1) is 9.68. The molecule has 0 aromatic heterocycles. The average molecular weight is 313 g/mol. The first-order valence-corrected chi connectivity index (χ1v) is 9.36. The summed E-state index contributed by atoms with van der Waals surface area (Å²) in [5.74, 6) is -0.116. The van der Waals surface area contributed by atoms with Crippen LogP contribution in [0.2, 0.25) is 0 Å². The van der Waals surface area contributed by atoms with Gasteiger partial charge in [-0.2, -0.15) is 0 Å². The van der Waals surface area contributed by atoms with Crippen LogP contribution in [-0.2, 0) is 16.3 Å². The molecule has 1 fully saturated rings. The van der Waals surface area contributed by atoms with Crippen molar-refractivity contribution in [3.05, 3.63) is 35.6 Å². The Kier molecular flexibility index (Phi) is 4.73. The Labute approximate surface area is 126 Å². The van der Waals surface area contributed by atoms with Gasteiger partial charge in [0, 0.05) is 11.8 Å². The van der Waals surface area contributed by atoms with Crippen molar-refractivity contribution in [2.75, 3.05) is 6.26 Å². The second-order valence-electron chi connectivity index (χ2n) is 6.63. The quantitative estimate of drug-likeness (QED) is 0.929. The molecule has 0 aliphatic heterocycles. The van der Waals surface area contributed by atoms with Crippen molar-refractivity contribution >= 4 is 9.84 Å². The highest BCUT2D eigenvalue weighted by Crippen LogP contribution is 2.35. The van der Waals surface area contributed by atoms with E-state index in [1.807, 2.05) is 13.0 Å². The summed E-state index contributed by atoms with van der Waals surface area (Å²) >= 11 is 0. The maximum atomic E-state index is 13.3. The molecule has 0 spiro atoms. The Bertz CT molecular complexity index is 598. The van der Waals surface area contributed by atoms with Gasteiger partial charge in [-0.25, -0.2) is 12.8 Å². The summed E-state index contributed by atoms with van der Waals surface area (Å²) in [5, 5.41) is -0.286. The molecule has 1 saturated carbocycles. The van der Waals surface area contributed by atoms with Gasteiger partial charge in [0.15, 0.2) is 0 Å². The molecule has 118 valence electrons. The summed E-state index contributed by atoms with van der Waals surface area (Å²) in [6, 6.07) is 6.46. The van der Waals surface area contributed by atoms with E-state index in [1.54, 1.807) is 6.07 Å². The molecule has 1 aliphatic rings. The molecule has 3 atom stereocenters. The fourth-order valence-corrected chi connectivity index (χ4v) is 4.54. The third-order valence-corrected chi connectivity index (χ3v) is 6.28. The number of benzene rings is 1. The lowest BCUT2D eigenvalue weighted by Crippen LogP contribution is -2.49. The molecular formula is C16H24FNO2S. The van der Waals surface area contributed by atoms with E-state index in [0.29, 0.717) is 12.8 Å². The van der Waals surface area contributed by atoms with E-state index in [9.17, 15) is 12.8 Å². The number of hydrogen-bond acceptors (Lipinski definition) is 3. The summed E-state index contributed by atoms with van der Waals surface area (Å²) in [6.07, 6.45) is 5.03. The minimum absolute atomic E-state index is 0.147. The third-order valence-electron chi connectivity index (χ3n) is 4.64. The molecule has 0 bridgehead atoms. The van der Waals surface area contributed by atoms with Crippen LogP contribution >= 0.6 is 0 Å². The Morgan fingerprint density at radius 1 is 1.38 bits per heavy atom. The van der Waals surface area contributed by atoms with E-state index in [2.05, 4.69) is 0 Å². The normalized spacial score (nSPS) is 26.3. The molecular weight excluding hydrogens is 289 g/mol. The summed E-state index contributed by atoms with van der Waals surface area (Å²) in [5.41, 5.74) is 6.81. The van der Waals surface area contributed by atoms with E-state index in [0.717, 1.165) is 24.8 Å². The van der Waals surface area contributed by atoms with Gasteiger partial charge < -0.3 is 5.73 Å². The number of halogens is 1. The molecule has 21 heavy (non-hydrogen) atoms. The summed E-state index contributed by atoms with van der Waals surface area (Å²) in [6.45, 7) is 1.95. The minimum atomic E-state index is -3.01. The molecule has 0 heterocycles. The number of sulfone groups is 1. The minimum Gasteiger partial charge on any atom is -0.325 e. The van der Waals surface area contributed by atoms with Gasteiger partial charge in [-0.1, -0.05) is 18.6 Å². The van der Waals surface area contributed by atoms with Crippen LogP contribution in [0, 0.1) is 11.7 Å². The topological polar surface area (TPSA) is 60.2 Å². The predicted molar refractivity (Wildman–Crippen MR) is 83.3 cm³/mol. The second-order valence-corrected chi connectivity index (χ2v) is 8.95. The maximum Gasteiger partial charge on any atom is 0.150 e. The SMILES string of the molecule is CC(N)(Cc1cccc(F)c1)C1CCCC(S(C)(=O)=O)C1. The van der Waals surface area contributed by atoms with E-state index < -0.39 is 15.4 Å².